The molecule has 0 unspecified atom stereocenters. The molecule has 1 heteroatoms. The number of aryl methyl sites for hydroxylation is 1. The van der Waals surface area contributed by atoms with Gasteiger partial charge in [0.15, 0.2) is 0 Å². The van der Waals surface area contributed by atoms with Crippen molar-refractivity contribution in [3.05, 3.63) is 77.9 Å². The van der Waals surface area contributed by atoms with Crippen LogP contribution in [0.4, 0.5) is 0 Å². The molecule has 3 aromatic rings. The van der Waals surface area contributed by atoms with Crippen molar-refractivity contribution in [3.8, 4) is 28.0 Å². The first-order valence-corrected chi connectivity index (χ1v) is 7.12. The van der Waals surface area contributed by atoms with E-state index in [2.05, 4.69) is 19.1 Å². The van der Waals surface area contributed by atoms with Crippen molar-refractivity contribution in [3.63, 3.8) is 0 Å². The largest absolute Gasteiger partial charge is 0.507 e. The highest BCUT2D eigenvalue weighted by Crippen LogP contribution is 2.42. The van der Waals surface area contributed by atoms with Crippen LogP contribution in [0, 0.1) is 13.8 Å². The Hall–Kier alpha value is -2.54. The fraction of sp³-hybridized carbons (Fsp3) is 0.100. The molecule has 1 nitrogen and oxygen atoms in total. The van der Waals surface area contributed by atoms with Crippen LogP contribution in [0.15, 0.2) is 66.7 Å². The maximum Gasteiger partial charge on any atom is 0.124 e. The second kappa shape index (κ2) is 5.45. The van der Waals surface area contributed by atoms with Gasteiger partial charge in [0.05, 0.1) is 0 Å². The molecule has 0 saturated heterocycles. The molecule has 0 aromatic heterocycles. The predicted molar refractivity (Wildman–Crippen MR) is 88.5 cm³/mol. The van der Waals surface area contributed by atoms with Crippen LogP contribution in [0.5, 0.6) is 5.75 Å². The third-order valence-corrected chi connectivity index (χ3v) is 3.95. The minimum atomic E-state index is 0.336. The van der Waals surface area contributed by atoms with Crippen molar-refractivity contribution < 1.29 is 5.11 Å². The van der Waals surface area contributed by atoms with Gasteiger partial charge in [-0.15, -0.1) is 0 Å². The van der Waals surface area contributed by atoms with Crippen LogP contribution in [0.1, 0.15) is 11.1 Å². The van der Waals surface area contributed by atoms with E-state index in [1.807, 2.05) is 61.5 Å². The van der Waals surface area contributed by atoms with E-state index < -0.39 is 0 Å². The fourth-order valence-corrected chi connectivity index (χ4v) is 2.76. The molecule has 0 aliphatic rings. The molecule has 0 saturated carbocycles. The van der Waals surface area contributed by atoms with Gasteiger partial charge in [0.25, 0.3) is 0 Å². The lowest BCUT2D eigenvalue weighted by molar-refractivity contribution is 0.477. The monoisotopic (exact) mass is 274 g/mol. The third-order valence-electron chi connectivity index (χ3n) is 3.95. The number of hydrogen-bond donors (Lipinski definition) is 1. The van der Waals surface area contributed by atoms with Crippen LogP contribution in [0.2, 0.25) is 0 Å². The van der Waals surface area contributed by atoms with Crippen molar-refractivity contribution in [1.82, 2.24) is 0 Å². The van der Waals surface area contributed by atoms with E-state index >= 15 is 0 Å². The zero-order valence-corrected chi connectivity index (χ0v) is 12.3. The fourth-order valence-electron chi connectivity index (χ4n) is 2.76. The van der Waals surface area contributed by atoms with Crippen LogP contribution in [0.3, 0.4) is 0 Å². The maximum absolute atomic E-state index is 10.5. The highest BCUT2D eigenvalue weighted by Gasteiger charge is 2.16. The summed E-state index contributed by atoms with van der Waals surface area (Å²) >= 11 is 0. The zero-order chi connectivity index (χ0) is 14.8. The first-order chi connectivity index (χ1) is 10.2. The molecule has 0 atom stereocenters. The summed E-state index contributed by atoms with van der Waals surface area (Å²) < 4.78 is 0. The Morgan fingerprint density at radius 1 is 0.667 bits per heavy atom. The molecular formula is C20H18O. The summed E-state index contributed by atoms with van der Waals surface area (Å²) in [5.74, 6) is 0.336. The summed E-state index contributed by atoms with van der Waals surface area (Å²) in [6.07, 6.45) is 0. The van der Waals surface area contributed by atoms with Gasteiger partial charge < -0.3 is 5.11 Å². The van der Waals surface area contributed by atoms with Gasteiger partial charge in [-0.1, -0.05) is 60.7 Å². The molecule has 0 spiro atoms. The molecule has 0 radical (unpaired) electrons. The Balaban J connectivity index is 2.37. The van der Waals surface area contributed by atoms with Crippen LogP contribution in [0.25, 0.3) is 22.3 Å². The lowest BCUT2D eigenvalue weighted by atomic mass is 9.88. The van der Waals surface area contributed by atoms with Crippen molar-refractivity contribution in [1.29, 1.82) is 0 Å². The van der Waals surface area contributed by atoms with E-state index in [0.717, 1.165) is 27.8 Å². The van der Waals surface area contributed by atoms with Gasteiger partial charge in [-0.2, -0.15) is 0 Å². The standard InChI is InChI=1S/C20H18O/c1-14-13-18(21)20(17-11-7-4-8-12-17)19(15(14)2)16-9-5-3-6-10-16/h3-13,21H,1-2H3. The van der Waals surface area contributed by atoms with Crippen LogP contribution >= 0.6 is 0 Å². The topological polar surface area (TPSA) is 20.2 Å². The van der Waals surface area contributed by atoms with Crippen molar-refractivity contribution in [2.24, 2.45) is 0 Å². The molecule has 104 valence electrons. The van der Waals surface area contributed by atoms with E-state index in [1.54, 1.807) is 0 Å². The average Bonchev–Trinajstić information content (AvgIpc) is 2.52. The molecule has 21 heavy (non-hydrogen) atoms. The molecule has 0 aliphatic carbocycles. The minimum absolute atomic E-state index is 0.336. The van der Waals surface area contributed by atoms with E-state index in [-0.39, 0.29) is 0 Å². The quantitative estimate of drug-likeness (QED) is 0.668. The third kappa shape index (κ3) is 2.43. The Morgan fingerprint density at radius 2 is 1.14 bits per heavy atom. The van der Waals surface area contributed by atoms with Crippen molar-refractivity contribution in [2.45, 2.75) is 13.8 Å². The maximum atomic E-state index is 10.5. The molecule has 3 rings (SSSR count). The second-order valence-electron chi connectivity index (χ2n) is 5.32. The lowest BCUT2D eigenvalue weighted by Gasteiger charge is -2.17. The van der Waals surface area contributed by atoms with Gasteiger partial charge in [0.2, 0.25) is 0 Å². The average molecular weight is 274 g/mol. The molecule has 0 heterocycles. The molecule has 0 fully saturated rings. The molecule has 0 aliphatic heterocycles. The summed E-state index contributed by atoms with van der Waals surface area (Å²) in [4.78, 5) is 0. The second-order valence-corrected chi connectivity index (χ2v) is 5.32. The highest BCUT2D eigenvalue weighted by molar-refractivity contribution is 5.90. The van der Waals surface area contributed by atoms with E-state index in [0.29, 0.717) is 5.75 Å². The van der Waals surface area contributed by atoms with E-state index in [1.165, 1.54) is 5.56 Å². The predicted octanol–water partition coefficient (Wildman–Crippen LogP) is 5.34. The summed E-state index contributed by atoms with van der Waals surface area (Å²) in [7, 11) is 0. The highest BCUT2D eigenvalue weighted by atomic mass is 16.3. The Labute approximate surface area is 125 Å². The first kappa shape index (κ1) is 13.4. The van der Waals surface area contributed by atoms with Crippen molar-refractivity contribution in [2.75, 3.05) is 0 Å². The van der Waals surface area contributed by atoms with E-state index in [9.17, 15) is 5.11 Å². The summed E-state index contributed by atoms with van der Waals surface area (Å²) in [5, 5.41) is 10.5. The lowest BCUT2D eigenvalue weighted by Crippen LogP contribution is -1.93. The molecular weight excluding hydrogens is 256 g/mol. The summed E-state index contributed by atoms with van der Waals surface area (Å²) in [6, 6.07) is 22.2. The number of hydrogen-bond acceptors (Lipinski definition) is 1. The first-order valence-electron chi connectivity index (χ1n) is 7.12. The van der Waals surface area contributed by atoms with Gasteiger partial charge >= 0.3 is 0 Å². The normalized spacial score (nSPS) is 10.6. The van der Waals surface area contributed by atoms with Crippen LogP contribution in [-0.4, -0.2) is 5.11 Å². The van der Waals surface area contributed by atoms with Gasteiger partial charge in [-0.25, -0.2) is 0 Å². The molecule has 0 bridgehead atoms. The minimum Gasteiger partial charge on any atom is -0.507 e. The Bertz CT molecular complexity index is 759. The number of phenolic OH excluding ortho intramolecular Hbond substituents is 1. The number of phenols is 1. The van der Waals surface area contributed by atoms with Crippen LogP contribution in [-0.2, 0) is 0 Å². The number of benzene rings is 3. The van der Waals surface area contributed by atoms with Gasteiger partial charge in [0, 0.05) is 5.56 Å². The van der Waals surface area contributed by atoms with Gasteiger partial charge in [0.1, 0.15) is 5.75 Å². The number of rotatable bonds is 2. The Kier molecular flexibility index (Phi) is 3.49. The van der Waals surface area contributed by atoms with E-state index in [4.69, 9.17) is 0 Å². The van der Waals surface area contributed by atoms with Gasteiger partial charge in [-0.05, 0) is 47.7 Å². The van der Waals surface area contributed by atoms with Crippen LogP contribution < -0.4 is 0 Å². The summed E-state index contributed by atoms with van der Waals surface area (Å²) in [5.41, 5.74) is 6.50. The number of aromatic hydroxyl groups is 1. The smallest absolute Gasteiger partial charge is 0.124 e. The molecule has 3 aromatic carbocycles. The summed E-state index contributed by atoms with van der Waals surface area (Å²) in [6.45, 7) is 4.15. The Morgan fingerprint density at radius 3 is 1.67 bits per heavy atom. The van der Waals surface area contributed by atoms with Gasteiger partial charge in [-0.3, -0.25) is 0 Å². The SMILES string of the molecule is Cc1cc(O)c(-c2ccccc2)c(-c2ccccc2)c1C. The van der Waals surface area contributed by atoms with Crippen molar-refractivity contribution >= 4 is 0 Å². The molecule has 1 N–H and O–H groups in total. The molecule has 0 amide bonds. The zero-order valence-electron chi connectivity index (χ0n) is 12.3.